The second-order valence-corrected chi connectivity index (χ2v) is 7.52. The highest BCUT2D eigenvalue weighted by molar-refractivity contribution is 5.82. The van der Waals surface area contributed by atoms with Gasteiger partial charge in [0.15, 0.2) is 5.82 Å². The number of H-pyrrole nitrogens is 1. The molecule has 5 rings (SSSR count). The summed E-state index contributed by atoms with van der Waals surface area (Å²) in [5.74, 6) is 0.877. The molecule has 0 unspecified atom stereocenters. The standard InChI is InChI=1S/C20H22N6O2/c27-18-7-6-13(21-18)10-19(28)25-8-3-9-26-14(12-25)11-17(24-26)20-22-15-4-1-2-5-16(15)23-20/h1-2,4-5,11,13H,3,6-10,12H2,(H,21,27)(H,22,23)/t13-/m0/s1. The number of nitrogens with zero attached hydrogens (tertiary/aromatic N) is 4. The van der Waals surface area contributed by atoms with Gasteiger partial charge in [0.25, 0.3) is 0 Å². The summed E-state index contributed by atoms with van der Waals surface area (Å²) in [6, 6.07) is 9.89. The number of aryl methyl sites for hydroxylation is 1. The number of nitrogens with one attached hydrogen (secondary N) is 2. The molecule has 4 heterocycles. The maximum absolute atomic E-state index is 12.7. The predicted octanol–water partition coefficient (Wildman–Crippen LogP) is 1.83. The number of aromatic amines is 1. The monoisotopic (exact) mass is 378 g/mol. The van der Waals surface area contributed by atoms with E-state index in [0.717, 1.165) is 47.6 Å². The van der Waals surface area contributed by atoms with Crippen LogP contribution in [0.4, 0.5) is 0 Å². The zero-order chi connectivity index (χ0) is 19.1. The first-order chi connectivity index (χ1) is 13.7. The summed E-state index contributed by atoms with van der Waals surface area (Å²) in [5.41, 5.74) is 3.70. The highest BCUT2D eigenvalue weighted by Gasteiger charge is 2.27. The molecule has 0 saturated carbocycles. The van der Waals surface area contributed by atoms with Gasteiger partial charge in [-0.1, -0.05) is 12.1 Å². The molecular weight excluding hydrogens is 356 g/mol. The molecule has 0 bridgehead atoms. The van der Waals surface area contributed by atoms with Crippen LogP contribution in [0.1, 0.15) is 31.4 Å². The minimum atomic E-state index is -0.0285. The van der Waals surface area contributed by atoms with E-state index in [0.29, 0.717) is 25.9 Å². The number of hydrogen-bond acceptors (Lipinski definition) is 4. The first-order valence-electron chi connectivity index (χ1n) is 9.75. The van der Waals surface area contributed by atoms with Crippen LogP contribution in [0.3, 0.4) is 0 Å². The lowest BCUT2D eigenvalue weighted by atomic mass is 10.1. The smallest absolute Gasteiger partial charge is 0.224 e. The summed E-state index contributed by atoms with van der Waals surface area (Å²) < 4.78 is 1.98. The zero-order valence-corrected chi connectivity index (χ0v) is 15.5. The van der Waals surface area contributed by atoms with Crippen molar-refractivity contribution in [3.8, 4) is 11.5 Å². The van der Waals surface area contributed by atoms with Crippen LogP contribution in [0, 0.1) is 0 Å². The Morgan fingerprint density at radius 3 is 2.96 bits per heavy atom. The number of amides is 2. The topological polar surface area (TPSA) is 95.9 Å². The molecule has 0 spiro atoms. The molecule has 2 amide bonds. The molecule has 2 aliphatic rings. The second-order valence-electron chi connectivity index (χ2n) is 7.52. The normalized spacial score (nSPS) is 19.5. The van der Waals surface area contributed by atoms with Gasteiger partial charge in [-0.05, 0) is 31.0 Å². The van der Waals surface area contributed by atoms with Gasteiger partial charge in [0.1, 0.15) is 5.69 Å². The average Bonchev–Trinajstić information content (AvgIpc) is 3.37. The van der Waals surface area contributed by atoms with E-state index in [-0.39, 0.29) is 17.9 Å². The third kappa shape index (κ3) is 3.15. The van der Waals surface area contributed by atoms with Crippen molar-refractivity contribution in [3.05, 3.63) is 36.0 Å². The zero-order valence-electron chi connectivity index (χ0n) is 15.5. The van der Waals surface area contributed by atoms with Crippen molar-refractivity contribution in [1.29, 1.82) is 0 Å². The number of aromatic nitrogens is 4. The van der Waals surface area contributed by atoms with E-state index in [9.17, 15) is 9.59 Å². The Morgan fingerprint density at radius 2 is 2.14 bits per heavy atom. The van der Waals surface area contributed by atoms with Crippen molar-refractivity contribution in [2.75, 3.05) is 6.54 Å². The van der Waals surface area contributed by atoms with Crippen LogP contribution in [-0.2, 0) is 22.7 Å². The molecule has 8 nitrogen and oxygen atoms in total. The molecule has 0 aliphatic carbocycles. The van der Waals surface area contributed by atoms with E-state index in [1.165, 1.54) is 0 Å². The largest absolute Gasteiger partial charge is 0.353 e. The van der Waals surface area contributed by atoms with E-state index < -0.39 is 0 Å². The fraction of sp³-hybridized carbons (Fsp3) is 0.400. The van der Waals surface area contributed by atoms with Crippen LogP contribution in [0.25, 0.3) is 22.6 Å². The van der Waals surface area contributed by atoms with Gasteiger partial charge >= 0.3 is 0 Å². The number of hydrogen-bond donors (Lipinski definition) is 2. The summed E-state index contributed by atoms with van der Waals surface area (Å²) in [6.07, 6.45) is 2.49. The minimum absolute atomic E-state index is 0.0285. The Balaban J connectivity index is 1.35. The lowest BCUT2D eigenvalue weighted by molar-refractivity contribution is -0.132. The van der Waals surface area contributed by atoms with Gasteiger partial charge in [-0.25, -0.2) is 4.98 Å². The van der Waals surface area contributed by atoms with Crippen LogP contribution in [-0.4, -0.2) is 49.0 Å². The van der Waals surface area contributed by atoms with Gasteiger partial charge in [-0.3, -0.25) is 14.3 Å². The Labute approximate surface area is 161 Å². The number of para-hydroxylation sites is 2. The summed E-state index contributed by atoms with van der Waals surface area (Å²) in [6.45, 7) is 2.02. The lowest BCUT2D eigenvalue weighted by Gasteiger charge is -2.21. The fourth-order valence-electron chi connectivity index (χ4n) is 4.04. The average molecular weight is 378 g/mol. The molecular formula is C20H22N6O2. The maximum Gasteiger partial charge on any atom is 0.224 e. The third-order valence-electron chi connectivity index (χ3n) is 5.50. The molecule has 1 atom stereocenters. The third-order valence-corrected chi connectivity index (χ3v) is 5.50. The Kier molecular flexibility index (Phi) is 4.11. The number of imidazole rings is 1. The van der Waals surface area contributed by atoms with Gasteiger partial charge in [-0.15, -0.1) is 0 Å². The Morgan fingerprint density at radius 1 is 1.25 bits per heavy atom. The van der Waals surface area contributed by atoms with Gasteiger partial charge in [0, 0.05) is 32.0 Å². The van der Waals surface area contributed by atoms with E-state index in [1.54, 1.807) is 0 Å². The van der Waals surface area contributed by atoms with Crippen molar-refractivity contribution < 1.29 is 9.59 Å². The highest BCUT2D eigenvalue weighted by Crippen LogP contribution is 2.23. The van der Waals surface area contributed by atoms with Crippen LogP contribution in [0.5, 0.6) is 0 Å². The molecule has 1 fully saturated rings. The van der Waals surface area contributed by atoms with Gasteiger partial charge in [-0.2, -0.15) is 5.10 Å². The molecule has 2 N–H and O–H groups in total. The molecule has 1 saturated heterocycles. The van der Waals surface area contributed by atoms with Gasteiger partial charge < -0.3 is 15.2 Å². The minimum Gasteiger partial charge on any atom is -0.353 e. The number of rotatable bonds is 3. The van der Waals surface area contributed by atoms with Crippen molar-refractivity contribution >= 4 is 22.8 Å². The van der Waals surface area contributed by atoms with Crippen molar-refractivity contribution in [2.24, 2.45) is 0 Å². The van der Waals surface area contributed by atoms with Gasteiger partial charge in [0.2, 0.25) is 11.8 Å². The maximum atomic E-state index is 12.7. The van der Waals surface area contributed by atoms with Crippen molar-refractivity contribution in [1.82, 2.24) is 30.0 Å². The van der Waals surface area contributed by atoms with Crippen molar-refractivity contribution in [3.63, 3.8) is 0 Å². The van der Waals surface area contributed by atoms with Gasteiger partial charge in [0.05, 0.1) is 23.3 Å². The van der Waals surface area contributed by atoms with Crippen molar-refractivity contribution in [2.45, 2.75) is 44.8 Å². The predicted molar refractivity (Wildman–Crippen MR) is 103 cm³/mol. The summed E-state index contributed by atoms with van der Waals surface area (Å²) in [4.78, 5) is 33.9. The van der Waals surface area contributed by atoms with E-state index in [1.807, 2.05) is 39.9 Å². The molecule has 2 aromatic heterocycles. The molecule has 2 aliphatic heterocycles. The lowest BCUT2D eigenvalue weighted by Crippen LogP contribution is -2.36. The highest BCUT2D eigenvalue weighted by atomic mass is 16.2. The molecule has 0 radical (unpaired) electrons. The number of fused-ring (bicyclic) bond motifs is 2. The van der Waals surface area contributed by atoms with Crippen LogP contribution in [0.15, 0.2) is 30.3 Å². The Bertz CT molecular complexity index is 1020. The molecule has 144 valence electrons. The molecule has 1 aromatic carbocycles. The summed E-state index contributed by atoms with van der Waals surface area (Å²) >= 11 is 0. The van der Waals surface area contributed by atoms with E-state index >= 15 is 0 Å². The Hall–Kier alpha value is -3.16. The first-order valence-corrected chi connectivity index (χ1v) is 9.75. The fourth-order valence-corrected chi connectivity index (χ4v) is 4.04. The van der Waals surface area contributed by atoms with Crippen LogP contribution < -0.4 is 5.32 Å². The quantitative estimate of drug-likeness (QED) is 0.727. The van der Waals surface area contributed by atoms with E-state index in [2.05, 4.69) is 15.3 Å². The van der Waals surface area contributed by atoms with Crippen LogP contribution >= 0.6 is 0 Å². The number of benzene rings is 1. The molecule has 8 heteroatoms. The first kappa shape index (κ1) is 17.0. The summed E-state index contributed by atoms with van der Waals surface area (Å²) in [7, 11) is 0. The SMILES string of the molecule is O=C1CC[C@@H](CC(=O)N2CCCn3nc(-c4nc5ccccc5[nH]4)cc3C2)N1. The second kappa shape index (κ2) is 6.78. The molecule has 28 heavy (non-hydrogen) atoms. The van der Waals surface area contributed by atoms with E-state index in [4.69, 9.17) is 5.10 Å². The number of carbonyl (C=O) groups is 2. The summed E-state index contributed by atoms with van der Waals surface area (Å²) in [5, 5.41) is 7.59. The number of carbonyl (C=O) groups excluding carboxylic acids is 2. The molecule has 3 aromatic rings. The van der Waals surface area contributed by atoms with Crippen LogP contribution in [0.2, 0.25) is 0 Å².